The van der Waals surface area contributed by atoms with Crippen LogP contribution in [0.3, 0.4) is 0 Å². The Morgan fingerprint density at radius 3 is 0.893 bits per heavy atom. The van der Waals surface area contributed by atoms with E-state index in [-0.39, 0.29) is 25.7 Å². The molecular weight excluding hydrogens is 1460 g/mol. The highest BCUT2D eigenvalue weighted by Crippen LogP contribution is 2.47. The van der Waals surface area contributed by atoms with Crippen molar-refractivity contribution >= 4 is 102 Å². The van der Waals surface area contributed by atoms with E-state index in [1.807, 2.05) is 95.7 Å². The fourth-order valence-electron chi connectivity index (χ4n) is 16.8. The molecule has 0 saturated carbocycles. The molecular formula is C86H115F4NO3S9. The highest BCUT2D eigenvalue weighted by atomic mass is 32.1. The summed E-state index contributed by atoms with van der Waals surface area (Å²) in [5.74, 6) is -3.03. The molecule has 0 atom stereocenters. The molecule has 0 spiro atoms. The quantitative estimate of drug-likeness (QED) is 0.142. The number of hydrogen-bond acceptors (Lipinski definition) is 13. The molecule has 12 heterocycles. The van der Waals surface area contributed by atoms with Crippen molar-refractivity contribution in [1.29, 1.82) is 0 Å². The van der Waals surface area contributed by atoms with Gasteiger partial charge in [0.1, 0.15) is 13.2 Å². The van der Waals surface area contributed by atoms with Gasteiger partial charge in [0, 0.05) is 127 Å². The Morgan fingerprint density at radius 1 is 0.272 bits per heavy atom. The summed E-state index contributed by atoms with van der Waals surface area (Å²) >= 11 is 16.8. The lowest BCUT2D eigenvalue weighted by atomic mass is 9.74. The molecule has 564 valence electrons. The van der Waals surface area contributed by atoms with Crippen molar-refractivity contribution in [2.75, 3.05) is 20.3 Å². The zero-order chi connectivity index (χ0) is 75.1. The Hall–Kier alpha value is -3.46. The molecule has 0 bridgehead atoms. The maximum atomic E-state index is 13.1. The molecule has 9 aromatic heterocycles. The van der Waals surface area contributed by atoms with Gasteiger partial charge in [-0.15, -0.1) is 102 Å². The van der Waals surface area contributed by atoms with E-state index >= 15 is 0 Å². The molecule has 9 aromatic rings. The summed E-state index contributed by atoms with van der Waals surface area (Å²) in [7, 11) is 2.18. The Balaban J connectivity index is 0.000000125. The van der Waals surface area contributed by atoms with Crippen LogP contribution in [0, 0.1) is 135 Å². The first-order valence-corrected chi connectivity index (χ1v) is 44.7. The van der Waals surface area contributed by atoms with Crippen molar-refractivity contribution < 1.29 is 31.8 Å². The number of alkyl halides is 4. The van der Waals surface area contributed by atoms with Gasteiger partial charge >= 0.3 is 0 Å². The van der Waals surface area contributed by atoms with Crippen molar-refractivity contribution in [1.82, 2.24) is 4.90 Å². The summed E-state index contributed by atoms with van der Waals surface area (Å²) in [6.45, 7) is 53.8. The average Bonchev–Trinajstić information content (AvgIpc) is 1.80. The van der Waals surface area contributed by atoms with Crippen LogP contribution >= 0.6 is 102 Å². The third-order valence-electron chi connectivity index (χ3n) is 22.3. The van der Waals surface area contributed by atoms with Crippen LogP contribution in [0.25, 0.3) is 0 Å². The first-order valence-electron chi connectivity index (χ1n) is 37.3. The zero-order valence-electron chi connectivity index (χ0n) is 66.1. The van der Waals surface area contributed by atoms with Gasteiger partial charge in [-0.2, -0.15) is 0 Å². The summed E-state index contributed by atoms with van der Waals surface area (Å²) in [4.78, 5) is 27.6. The predicted molar refractivity (Wildman–Crippen MR) is 444 cm³/mol. The molecule has 0 aromatic carbocycles. The van der Waals surface area contributed by atoms with Crippen LogP contribution in [-0.2, 0) is 108 Å². The summed E-state index contributed by atoms with van der Waals surface area (Å²) in [5, 5.41) is 0. The fourth-order valence-corrected chi connectivity index (χ4v) is 26.7. The van der Waals surface area contributed by atoms with Crippen molar-refractivity contribution in [2.24, 2.45) is 10.8 Å². The molecule has 0 radical (unpaired) electrons. The molecule has 103 heavy (non-hydrogen) atoms. The zero-order valence-corrected chi connectivity index (χ0v) is 73.5. The van der Waals surface area contributed by atoms with Gasteiger partial charge in [-0.05, 0) is 315 Å². The van der Waals surface area contributed by atoms with Crippen LogP contribution in [0.1, 0.15) is 237 Å². The topological polar surface area (TPSA) is 30.9 Å². The van der Waals surface area contributed by atoms with Gasteiger partial charge in [0.2, 0.25) is 0 Å². The lowest BCUT2D eigenvalue weighted by Gasteiger charge is -2.30. The van der Waals surface area contributed by atoms with Crippen LogP contribution < -0.4 is 9.47 Å². The highest BCUT2D eigenvalue weighted by Gasteiger charge is 2.41. The number of ether oxygens (including phenoxy) is 3. The van der Waals surface area contributed by atoms with Crippen LogP contribution in [0.15, 0.2) is 0 Å². The maximum Gasteiger partial charge on any atom is 0.256 e. The van der Waals surface area contributed by atoms with Crippen LogP contribution in [-0.4, -0.2) is 37.0 Å². The van der Waals surface area contributed by atoms with E-state index < -0.39 is 11.8 Å². The molecule has 6 aliphatic carbocycles. The molecule has 18 rings (SSSR count). The fraction of sp³-hybridized carbons (Fsp3) is 0.581. The van der Waals surface area contributed by atoms with Gasteiger partial charge in [-0.25, -0.2) is 17.6 Å². The van der Waals surface area contributed by atoms with E-state index in [1.165, 1.54) is 128 Å². The molecule has 0 saturated heterocycles. The second-order valence-corrected chi connectivity index (χ2v) is 44.6. The minimum atomic E-state index is -2.48. The number of fused-ring (bicyclic) bond motifs is 9. The minimum Gasteiger partial charge on any atom is -0.485 e. The van der Waals surface area contributed by atoms with E-state index in [9.17, 15) is 17.6 Å². The van der Waals surface area contributed by atoms with Gasteiger partial charge in [0.05, 0.1) is 13.2 Å². The van der Waals surface area contributed by atoms with E-state index in [4.69, 9.17) is 14.2 Å². The molecule has 17 heteroatoms. The lowest BCUT2D eigenvalue weighted by Crippen LogP contribution is -2.25. The van der Waals surface area contributed by atoms with E-state index in [0.717, 1.165) is 69.1 Å². The predicted octanol–water partition coefficient (Wildman–Crippen LogP) is 26.9. The summed E-state index contributed by atoms with van der Waals surface area (Å²) < 4.78 is 68.3. The molecule has 0 unspecified atom stereocenters. The second-order valence-electron chi connectivity index (χ2n) is 31.8. The first kappa shape index (κ1) is 82.0. The Bertz CT molecular complexity index is 4020. The number of aryl methyl sites for hydroxylation is 18. The van der Waals surface area contributed by atoms with Crippen LogP contribution in [0.5, 0.6) is 11.5 Å². The number of thiophene rings is 9. The molecule has 9 aliphatic rings. The Labute approximate surface area is 652 Å². The SMILES string of the molecule is Cc1sc(C)c2c1CC(C)(C)C2.Cc1sc(C)c2c1CC(F)(F)C2.Cc1sc(C)c2c1CCC(C)(C)C2.Cc1sc(C)c2c1CCC(F)(F)C2.Cc1sc(C)c2c1CCC2.Cc1sc(C)c2c1CCCC2.Cc1sc(C)c2c1CN(C)C2.Cc1sc(C)c2c1COC2.Cc1sc(C)c2c1OCCO2. The lowest BCUT2D eigenvalue weighted by molar-refractivity contribution is -0.0122. The van der Waals surface area contributed by atoms with Crippen molar-refractivity contribution in [3.63, 3.8) is 0 Å². The summed E-state index contributed by atoms with van der Waals surface area (Å²) in [5.41, 5.74) is 24.4. The van der Waals surface area contributed by atoms with Gasteiger partial charge in [-0.1, -0.05) is 27.7 Å². The molecule has 3 aliphatic heterocycles. The van der Waals surface area contributed by atoms with E-state index in [1.54, 1.807) is 129 Å². The smallest absolute Gasteiger partial charge is 0.256 e. The van der Waals surface area contributed by atoms with Crippen molar-refractivity contribution in [2.45, 2.75) is 300 Å². The second kappa shape index (κ2) is 33.8. The third kappa shape index (κ3) is 19.6. The van der Waals surface area contributed by atoms with Crippen LogP contribution in [0.2, 0.25) is 0 Å². The highest BCUT2D eigenvalue weighted by molar-refractivity contribution is 7.14. The third-order valence-corrected chi connectivity index (χ3v) is 32.1. The molecule has 4 nitrogen and oxygen atoms in total. The largest absolute Gasteiger partial charge is 0.485 e. The number of rotatable bonds is 0. The molecule has 0 N–H and O–H groups in total. The summed E-state index contributed by atoms with van der Waals surface area (Å²) in [6.07, 6.45) is 16.5. The normalized spacial score (nSPS) is 17.9. The Kier molecular flexibility index (Phi) is 26.9. The summed E-state index contributed by atoms with van der Waals surface area (Å²) in [6, 6.07) is 0. The van der Waals surface area contributed by atoms with Crippen molar-refractivity contribution in [3.05, 3.63) is 177 Å². The Morgan fingerprint density at radius 2 is 0.524 bits per heavy atom. The van der Waals surface area contributed by atoms with Gasteiger partial charge < -0.3 is 14.2 Å². The monoisotopic (exact) mass is 1570 g/mol. The number of halogens is 4. The average molecular weight is 1580 g/mol. The van der Waals surface area contributed by atoms with E-state index in [0.29, 0.717) is 30.5 Å². The van der Waals surface area contributed by atoms with Crippen molar-refractivity contribution in [3.8, 4) is 11.5 Å². The molecule has 0 fully saturated rings. The van der Waals surface area contributed by atoms with Crippen LogP contribution in [0.4, 0.5) is 17.6 Å². The first-order chi connectivity index (χ1) is 48.3. The number of nitrogens with zero attached hydrogens (tertiary/aromatic N) is 1. The molecule has 0 amide bonds. The standard InChI is InChI=1S/C12H18S.C11H16S.C10H12F2S.C10H14S.C9H10F2S.C9H13NS.C9H12S.C8H10O2S.C8H10OS/c1-8-10-5-6-12(3,4)7-11(10)9(2)13-8;1-7-9-5-11(3,4)6-10(9)8(2)12-7;1-6-8-3-4-10(11,12)5-9(8)7(2)13-6;1-7-9-5-3-4-6-10(9)8(2)11-7;1-5-7-3-9(10,11)4-8(7)6(2)12-5;1-6-8-4-10(3)5-9(8)7(2)11-6;1-6-8-4-3-5-9(8)7(2)10-6;1-5-7-8(6(2)11-5)10-4-3-9-7;1-5-7-3-9-4-8(7)6(2)10-5/h5-7H2,1-4H3;5-6H2,1-4H3;3-5H2,1-2H3;3-6H2,1-2H3;3-4H2,1-2H3;4-5H2,1-3H3;3-5H2,1-2H3;3-4H2,1-2H3;3-4H2,1-2H3. The maximum absolute atomic E-state index is 13.1. The minimum absolute atomic E-state index is 0.0248. The number of hydrogen-bond donors (Lipinski definition) is 0. The van der Waals surface area contributed by atoms with Gasteiger partial charge in [0.25, 0.3) is 11.8 Å². The van der Waals surface area contributed by atoms with Gasteiger partial charge in [-0.3, -0.25) is 4.90 Å². The van der Waals surface area contributed by atoms with E-state index in [2.05, 4.69) is 137 Å². The van der Waals surface area contributed by atoms with Gasteiger partial charge in [0.15, 0.2) is 11.5 Å².